The van der Waals surface area contributed by atoms with Crippen LogP contribution in [0.5, 0.6) is 17.2 Å². The van der Waals surface area contributed by atoms with Crippen molar-refractivity contribution in [1.29, 1.82) is 0 Å². The van der Waals surface area contributed by atoms with Crippen LogP contribution in [0.15, 0.2) is 36.4 Å². The number of nitrogens with zero attached hydrogens (tertiary/aromatic N) is 1. The summed E-state index contributed by atoms with van der Waals surface area (Å²) < 4.78 is 49.9. The first-order chi connectivity index (χ1) is 14.1. The second-order valence-corrected chi connectivity index (χ2v) is 7.09. The van der Waals surface area contributed by atoms with E-state index in [0.29, 0.717) is 24.3 Å². The van der Waals surface area contributed by atoms with Crippen LogP contribution in [0.25, 0.3) is 0 Å². The molecule has 3 rings (SSSR count). The fraction of sp³-hybridized carbons (Fsp3) is 0.300. The molecular weight excluding hydrogens is 425 g/mol. The third-order valence-corrected chi connectivity index (χ3v) is 4.99. The lowest BCUT2D eigenvalue weighted by molar-refractivity contribution is -0.137. The molecule has 30 heavy (non-hydrogen) atoms. The number of alkyl halides is 3. The largest absolute Gasteiger partial charge is 0.497 e. The summed E-state index contributed by atoms with van der Waals surface area (Å²) >= 11 is 5.63. The van der Waals surface area contributed by atoms with Crippen LogP contribution in [0.3, 0.4) is 0 Å². The second-order valence-electron chi connectivity index (χ2n) is 6.69. The Kier molecular flexibility index (Phi) is 6.12. The van der Waals surface area contributed by atoms with Crippen LogP contribution < -0.4 is 14.8 Å². The lowest BCUT2D eigenvalue weighted by atomic mass is 10.2. The molecule has 1 unspecified atom stereocenters. The van der Waals surface area contributed by atoms with Gasteiger partial charge in [0.25, 0.3) is 0 Å². The van der Waals surface area contributed by atoms with Crippen LogP contribution in [0.4, 0.5) is 18.9 Å². The van der Waals surface area contributed by atoms with Gasteiger partial charge in [-0.3, -0.25) is 9.59 Å². The second kappa shape index (κ2) is 8.43. The molecule has 2 amide bonds. The number of halogens is 4. The number of likely N-dealkylation sites (N-methyl/N-ethyl adjacent to an activating group) is 1. The number of likely N-dealkylation sites (tertiary alicyclic amines) is 1. The molecule has 160 valence electrons. The minimum Gasteiger partial charge on any atom is -0.497 e. The maximum atomic E-state index is 13.1. The van der Waals surface area contributed by atoms with E-state index >= 15 is 0 Å². The number of anilines is 1. The molecular formula is C20H18ClF3N2O4. The molecule has 2 aromatic carbocycles. The summed E-state index contributed by atoms with van der Waals surface area (Å²) in [4.78, 5) is 25.5. The van der Waals surface area contributed by atoms with E-state index in [4.69, 9.17) is 21.1 Å². The van der Waals surface area contributed by atoms with Crippen molar-refractivity contribution < 1.29 is 32.2 Å². The zero-order valence-electron chi connectivity index (χ0n) is 16.0. The first-order valence-electron chi connectivity index (χ1n) is 8.88. The fourth-order valence-electron chi connectivity index (χ4n) is 3.08. The number of rotatable bonds is 5. The van der Waals surface area contributed by atoms with Crippen LogP contribution in [0, 0.1) is 0 Å². The average molecular weight is 443 g/mol. The van der Waals surface area contributed by atoms with Gasteiger partial charge in [0.05, 0.1) is 17.7 Å². The molecule has 0 spiro atoms. The predicted molar refractivity (Wildman–Crippen MR) is 104 cm³/mol. The molecule has 0 aliphatic carbocycles. The number of carbonyl (C=O) groups is 2. The molecule has 1 aliphatic rings. The molecule has 1 aliphatic heterocycles. The highest BCUT2D eigenvalue weighted by Crippen LogP contribution is 2.38. The molecule has 6 nitrogen and oxygen atoms in total. The zero-order valence-corrected chi connectivity index (χ0v) is 16.8. The summed E-state index contributed by atoms with van der Waals surface area (Å²) in [5.41, 5.74) is -0.709. The van der Waals surface area contributed by atoms with E-state index in [1.54, 1.807) is 7.05 Å². The Hall–Kier alpha value is -2.94. The van der Waals surface area contributed by atoms with Crippen LogP contribution in [-0.4, -0.2) is 36.9 Å². The van der Waals surface area contributed by atoms with Crippen molar-refractivity contribution in [2.45, 2.75) is 25.1 Å². The fourth-order valence-corrected chi connectivity index (χ4v) is 3.30. The van der Waals surface area contributed by atoms with Gasteiger partial charge in [-0.05, 0) is 24.6 Å². The van der Waals surface area contributed by atoms with Gasteiger partial charge in [0.2, 0.25) is 11.8 Å². The number of carbonyl (C=O) groups excluding carboxylic acids is 2. The number of benzene rings is 2. The predicted octanol–water partition coefficient (Wildman–Crippen LogP) is 4.72. The van der Waals surface area contributed by atoms with Crippen LogP contribution in [0.1, 0.15) is 18.4 Å². The summed E-state index contributed by atoms with van der Waals surface area (Å²) in [6.07, 6.45) is -3.94. The Labute approximate surface area is 175 Å². The standard InChI is InChI=1S/C20H18ClF3N2O4/c1-26-17(5-6-18(26)27)19(28)25-11-7-13(29-2)9-14(8-11)30-12-3-4-16(21)15(10-12)20(22,23)24/h3-4,7-10,17H,5-6H2,1-2H3,(H,25,28). The highest BCUT2D eigenvalue weighted by atomic mass is 35.5. The third-order valence-electron chi connectivity index (χ3n) is 4.66. The van der Waals surface area contributed by atoms with E-state index in [9.17, 15) is 22.8 Å². The van der Waals surface area contributed by atoms with Crippen molar-refractivity contribution in [2.75, 3.05) is 19.5 Å². The number of ether oxygens (including phenoxy) is 2. The van der Waals surface area contributed by atoms with E-state index in [1.165, 1.54) is 36.3 Å². The monoisotopic (exact) mass is 442 g/mol. The lowest BCUT2D eigenvalue weighted by Crippen LogP contribution is -2.38. The van der Waals surface area contributed by atoms with Gasteiger partial charge in [-0.15, -0.1) is 0 Å². The van der Waals surface area contributed by atoms with E-state index < -0.39 is 22.8 Å². The van der Waals surface area contributed by atoms with Gasteiger partial charge in [-0.1, -0.05) is 11.6 Å². The minimum absolute atomic E-state index is 0.0848. The molecule has 2 aromatic rings. The zero-order chi connectivity index (χ0) is 22.1. The van der Waals surface area contributed by atoms with Gasteiger partial charge in [0.15, 0.2) is 0 Å². The molecule has 1 heterocycles. The first-order valence-corrected chi connectivity index (χ1v) is 9.26. The highest BCUT2D eigenvalue weighted by molar-refractivity contribution is 6.31. The number of nitrogens with one attached hydrogen (secondary N) is 1. The maximum Gasteiger partial charge on any atom is 0.417 e. The van der Waals surface area contributed by atoms with E-state index in [0.717, 1.165) is 12.1 Å². The van der Waals surface area contributed by atoms with Crippen LogP contribution in [0.2, 0.25) is 5.02 Å². The summed E-state index contributed by atoms with van der Waals surface area (Å²) in [6, 6.07) is 7.02. The Morgan fingerprint density at radius 3 is 2.47 bits per heavy atom. The van der Waals surface area contributed by atoms with Gasteiger partial charge >= 0.3 is 6.18 Å². The summed E-state index contributed by atoms with van der Waals surface area (Å²) in [6.45, 7) is 0. The molecule has 1 atom stereocenters. The molecule has 0 bridgehead atoms. The molecule has 1 N–H and O–H groups in total. The van der Waals surface area contributed by atoms with Crippen LogP contribution in [-0.2, 0) is 15.8 Å². The first kappa shape index (κ1) is 21.8. The smallest absolute Gasteiger partial charge is 0.417 e. The van der Waals surface area contributed by atoms with E-state index in [1.807, 2.05) is 0 Å². The normalized spacial score (nSPS) is 16.5. The lowest BCUT2D eigenvalue weighted by Gasteiger charge is -2.19. The Bertz CT molecular complexity index is 981. The van der Waals surface area contributed by atoms with E-state index in [2.05, 4.69) is 5.32 Å². The quantitative estimate of drug-likeness (QED) is 0.727. The van der Waals surface area contributed by atoms with Gasteiger partial charge in [-0.2, -0.15) is 13.2 Å². The molecule has 10 heteroatoms. The van der Waals surface area contributed by atoms with Crippen molar-refractivity contribution in [2.24, 2.45) is 0 Å². The van der Waals surface area contributed by atoms with Gasteiger partial charge in [0, 0.05) is 37.4 Å². The van der Waals surface area contributed by atoms with Crippen molar-refractivity contribution >= 4 is 29.1 Å². The van der Waals surface area contributed by atoms with E-state index in [-0.39, 0.29) is 23.3 Å². The van der Waals surface area contributed by atoms with Crippen molar-refractivity contribution in [1.82, 2.24) is 4.90 Å². The van der Waals surface area contributed by atoms with Crippen molar-refractivity contribution in [3.8, 4) is 17.2 Å². The SMILES string of the molecule is COc1cc(NC(=O)C2CCC(=O)N2C)cc(Oc2ccc(Cl)c(C(F)(F)F)c2)c1. The Balaban J connectivity index is 1.83. The van der Waals surface area contributed by atoms with Gasteiger partial charge in [0.1, 0.15) is 23.3 Å². The van der Waals surface area contributed by atoms with Crippen LogP contribution >= 0.6 is 11.6 Å². The Morgan fingerprint density at radius 2 is 1.87 bits per heavy atom. The van der Waals surface area contributed by atoms with Gasteiger partial charge < -0.3 is 19.7 Å². The molecule has 0 aromatic heterocycles. The highest BCUT2D eigenvalue weighted by Gasteiger charge is 2.34. The molecule has 0 radical (unpaired) electrons. The summed E-state index contributed by atoms with van der Waals surface area (Å²) in [7, 11) is 2.96. The number of hydrogen-bond donors (Lipinski definition) is 1. The summed E-state index contributed by atoms with van der Waals surface area (Å²) in [5.74, 6) is -0.112. The number of hydrogen-bond acceptors (Lipinski definition) is 4. The topological polar surface area (TPSA) is 67.9 Å². The number of methoxy groups -OCH3 is 1. The molecule has 0 saturated carbocycles. The average Bonchev–Trinajstić information content (AvgIpc) is 3.01. The van der Waals surface area contributed by atoms with Crippen molar-refractivity contribution in [3.63, 3.8) is 0 Å². The molecule has 1 saturated heterocycles. The third kappa shape index (κ3) is 4.79. The maximum absolute atomic E-state index is 13.1. The van der Waals surface area contributed by atoms with Gasteiger partial charge in [-0.25, -0.2) is 0 Å². The number of amides is 2. The Morgan fingerprint density at radius 1 is 1.17 bits per heavy atom. The van der Waals surface area contributed by atoms with Crippen molar-refractivity contribution in [3.05, 3.63) is 47.0 Å². The minimum atomic E-state index is -4.63. The molecule has 1 fully saturated rings. The summed E-state index contributed by atoms with van der Waals surface area (Å²) in [5, 5.41) is 2.25.